The van der Waals surface area contributed by atoms with Gasteiger partial charge in [0.05, 0.1) is 5.56 Å². The minimum atomic E-state index is -2.61. The molecule has 1 heterocycles. The molecule has 1 aliphatic carbocycles. The van der Waals surface area contributed by atoms with E-state index in [-0.39, 0.29) is 24.3 Å². The maximum atomic E-state index is 12.6. The third-order valence-corrected chi connectivity index (χ3v) is 2.54. The molecule has 0 aliphatic heterocycles. The number of aromatic nitrogens is 1. The summed E-state index contributed by atoms with van der Waals surface area (Å²) in [5, 5.41) is 8.71. The Labute approximate surface area is 84.8 Å². The van der Waals surface area contributed by atoms with Gasteiger partial charge in [0.2, 0.25) is 5.92 Å². The number of halogens is 2. The first-order valence-electron chi connectivity index (χ1n) is 4.55. The lowest BCUT2D eigenvalue weighted by molar-refractivity contribution is -0.0876. The van der Waals surface area contributed by atoms with Crippen molar-refractivity contribution in [2.45, 2.75) is 24.7 Å². The van der Waals surface area contributed by atoms with Crippen LogP contribution in [-0.2, 0) is 0 Å². The Morgan fingerprint density at radius 2 is 2.20 bits per heavy atom. The van der Waals surface area contributed by atoms with Crippen LogP contribution in [0.15, 0.2) is 18.3 Å². The summed E-state index contributed by atoms with van der Waals surface area (Å²) in [4.78, 5) is 14.5. The van der Waals surface area contributed by atoms with E-state index < -0.39 is 11.9 Å². The molecule has 0 aromatic carbocycles. The van der Waals surface area contributed by atoms with Crippen LogP contribution >= 0.6 is 0 Å². The largest absolute Gasteiger partial charge is 0.478 e. The molecule has 1 fully saturated rings. The van der Waals surface area contributed by atoms with Crippen LogP contribution in [0, 0.1) is 0 Å². The monoisotopic (exact) mass is 213 g/mol. The molecule has 3 nitrogen and oxygen atoms in total. The van der Waals surface area contributed by atoms with Crippen LogP contribution in [0.5, 0.6) is 0 Å². The number of aromatic carboxylic acids is 1. The Morgan fingerprint density at radius 3 is 2.73 bits per heavy atom. The Morgan fingerprint density at radius 1 is 1.53 bits per heavy atom. The minimum absolute atomic E-state index is 0.0928. The van der Waals surface area contributed by atoms with Gasteiger partial charge in [-0.3, -0.25) is 4.98 Å². The first-order valence-corrected chi connectivity index (χ1v) is 4.55. The third-order valence-electron chi connectivity index (χ3n) is 2.54. The zero-order valence-electron chi connectivity index (χ0n) is 7.78. The Hall–Kier alpha value is -1.52. The van der Waals surface area contributed by atoms with Gasteiger partial charge in [0.15, 0.2) is 0 Å². The number of alkyl halides is 2. The van der Waals surface area contributed by atoms with Crippen LogP contribution in [0.1, 0.15) is 34.8 Å². The number of hydrogen-bond acceptors (Lipinski definition) is 2. The van der Waals surface area contributed by atoms with Crippen LogP contribution < -0.4 is 0 Å². The van der Waals surface area contributed by atoms with E-state index >= 15 is 0 Å². The highest BCUT2D eigenvalue weighted by molar-refractivity contribution is 5.87. The van der Waals surface area contributed by atoms with Gasteiger partial charge in [-0.15, -0.1) is 0 Å². The summed E-state index contributed by atoms with van der Waals surface area (Å²) in [6.45, 7) is 0. The van der Waals surface area contributed by atoms with Gasteiger partial charge in [0.25, 0.3) is 0 Å². The van der Waals surface area contributed by atoms with E-state index in [9.17, 15) is 13.6 Å². The summed E-state index contributed by atoms with van der Waals surface area (Å²) in [5.41, 5.74) is 0.538. The SMILES string of the molecule is O=C(O)c1ccnc(C2CC(F)(F)C2)c1. The average molecular weight is 213 g/mol. The van der Waals surface area contributed by atoms with Gasteiger partial charge in [-0.25, -0.2) is 13.6 Å². The van der Waals surface area contributed by atoms with Crippen LogP contribution in [-0.4, -0.2) is 22.0 Å². The molecule has 0 amide bonds. The third kappa shape index (κ3) is 1.95. The summed E-state index contributed by atoms with van der Waals surface area (Å²) in [5.74, 6) is -3.98. The van der Waals surface area contributed by atoms with Crippen LogP contribution in [0.2, 0.25) is 0 Å². The van der Waals surface area contributed by atoms with Crippen LogP contribution in [0.25, 0.3) is 0 Å². The average Bonchev–Trinajstić information content (AvgIpc) is 2.14. The minimum Gasteiger partial charge on any atom is -0.478 e. The topological polar surface area (TPSA) is 50.2 Å². The van der Waals surface area contributed by atoms with Crippen molar-refractivity contribution < 1.29 is 18.7 Å². The molecule has 1 saturated carbocycles. The maximum Gasteiger partial charge on any atom is 0.335 e. The van der Waals surface area contributed by atoms with Gasteiger partial charge < -0.3 is 5.11 Å². The molecule has 1 aromatic rings. The van der Waals surface area contributed by atoms with Gasteiger partial charge in [-0.05, 0) is 12.1 Å². The summed E-state index contributed by atoms with van der Waals surface area (Å²) in [6.07, 6.45) is 0.876. The molecule has 0 saturated heterocycles. The number of carboxylic acid groups (broad SMARTS) is 1. The number of rotatable bonds is 2. The molecule has 15 heavy (non-hydrogen) atoms. The van der Waals surface area contributed by atoms with E-state index in [0.717, 1.165) is 0 Å². The summed E-state index contributed by atoms with van der Waals surface area (Å²) in [7, 11) is 0. The van der Waals surface area contributed by atoms with Crippen molar-refractivity contribution in [2.75, 3.05) is 0 Å². The predicted octanol–water partition coefficient (Wildman–Crippen LogP) is 2.29. The highest BCUT2D eigenvalue weighted by Gasteiger charge is 2.46. The van der Waals surface area contributed by atoms with E-state index in [4.69, 9.17) is 5.11 Å². The van der Waals surface area contributed by atoms with Crippen molar-refractivity contribution in [1.29, 1.82) is 0 Å². The van der Waals surface area contributed by atoms with E-state index in [1.807, 2.05) is 0 Å². The highest BCUT2D eigenvalue weighted by atomic mass is 19.3. The van der Waals surface area contributed by atoms with Gasteiger partial charge in [-0.1, -0.05) is 0 Å². The normalized spacial score (nSPS) is 19.6. The fourth-order valence-corrected chi connectivity index (χ4v) is 1.67. The van der Waals surface area contributed by atoms with Crippen molar-refractivity contribution in [3.63, 3.8) is 0 Å². The quantitative estimate of drug-likeness (QED) is 0.819. The molecule has 80 valence electrons. The van der Waals surface area contributed by atoms with Crippen molar-refractivity contribution >= 4 is 5.97 Å². The van der Waals surface area contributed by atoms with Crippen molar-refractivity contribution in [3.8, 4) is 0 Å². The summed E-state index contributed by atoms with van der Waals surface area (Å²) >= 11 is 0. The van der Waals surface area contributed by atoms with Crippen molar-refractivity contribution in [1.82, 2.24) is 4.98 Å². The van der Waals surface area contributed by atoms with Crippen LogP contribution in [0.4, 0.5) is 8.78 Å². The lowest BCUT2D eigenvalue weighted by atomic mass is 9.79. The molecule has 0 radical (unpaired) electrons. The fraction of sp³-hybridized carbons (Fsp3) is 0.400. The number of carbonyl (C=O) groups is 1. The first kappa shape index (κ1) is 10.0. The summed E-state index contributed by atoms with van der Waals surface area (Å²) < 4.78 is 25.2. The molecule has 1 N–H and O–H groups in total. The molecule has 1 aliphatic rings. The van der Waals surface area contributed by atoms with E-state index in [0.29, 0.717) is 5.69 Å². The number of pyridine rings is 1. The second kappa shape index (κ2) is 3.25. The van der Waals surface area contributed by atoms with E-state index in [1.165, 1.54) is 18.3 Å². The van der Waals surface area contributed by atoms with Gasteiger partial charge in [0, 0.05) is 30.7 Å². The number of carboxylic acids is 1. The zero-order valence-corrected chi connectivity index (χ0v) is 7.78. The molecular formula is C10H9F2NO2. The fourth-order valence-electron chi connectivity index (χ4n) is 1.67. The molecule has 5 heteroatoms. The lowest BCUT2D eigenvalue weighted by Crippen LogP contribution is -2.34. The van der Waals surface area contributed by atoms with E-state index in [1.54, 1.807) is 0 Å². The predicted molar refractivity (Wildman–Crippen MR) is 48.1 cm³/mol. The molecular weight excluding hydrogens is 204 g/mol. The molecule has 2 rings (SSSR count). The molecule has 0 atom stereocenters. The number of hydrogen-bond donors (Lipinski definition) is 1. The molecule has 0 bridgehead atoms. The smallest absolute Gasteiger partial charge is 0.335 e. The van der Waals surface area contributed by atoms with Crippen LogP contribution in [0.3, 0.4) is 0 Å². The lowest BCUT2D eigenvalue weighted by Gasteiger charge is -2.34. The Balaban J connectivity index is 2.17. The Kier molecular flexibility index (Phi) is 2.17. The molecule has 1 aromatic heterocycles. The van der Waals surface area contributed by atoms with Gasteiger partial charge in [0.1, 0.15) is 0 Å². The first-order chi connectivity index (χ1) is 6.98. The van der Waals surface area contributed by atoms with E-state index in [2.05, 4.69) is 4.98 Å². The van der Waals surface area contributed by atoms with Crippen molar-refractivity contribution in [2.24, 2.45) is 0 Å². The highest BCUT2D eigenvalue weighted by Crippen LogP contribution is 2.47. The van der Waals surface area contributed by atoms with Gasteiger partial charge in [-0.2, -0.15) is 0 Å². The van der Waals surface area contributed by atoms with Crippen molar-refractivity contribution in [3.05, 3.63) is 29.6 Å². The standard InChI is InChI=1S/C10H9F2NO2/c11-10(12)4-7(5-10)8-3-6(9(14)15)1-2-13-8/h1-3,7H,4-5H2,(H,14,15). The summed E-state index contributed by atoms with van der Waals surface area (Å²) in [6, 6.07) is 2.71. The molecule has 0 unspecified atom stereocenters. The second-order valence-electron chi connectivity index (χ2n) is 3.74. The second-order valence-corrected chi connectivity index (χ2v) is 3.74. The zero-order chi connectivity index (χ0) is 11.1. The van der Waals surface area contributed by atoms with Gasteiger partial charge >= 0.3 is 5.97 Å². The maximum absolute atomic E-state index is 12.6. The Bertz CT molecular complexity index is 398. The number of nitrogens with zero attached hydrogens (tertiary/aromatic N) is 1. The molecule has 0 spiro atoms.